The number of benzene rings is 1. The molecule has 1 aromatic carbocycles. The van der Waals surface area contributed by atoms with Crippen molar-refractivity contribution in [2.24, 2.45) is 0 Å². The lowest BCUT2D eigenvalue weighted by molar-refractivity contribution is 0.135. The van der Waals surface area contributed by atoms with E-state index in [1.54, 1.807) is 6.20 Å². The number of para-hydroxylation sites is 1. The molecule has 0 aliphatic carbocycles. The molecule has 30 heavy (non-hydrogen) atoms. The van der Waals surface area contributed by atoms with Gasteiger partial charge in [0.2, 0.25) is 5.89 Å². The van der Waals surface area contributed by atoms with Gasteiger partial charge in [-0.25, -0.2) is 9.78 Å². The number of hydrogen-bond acceptors (Lipinski definition) is 5. The molecule has 3 heterocycles. The average Bonchev–Trinajstić information content (AvgIpc) is 3.33. The van der Waals surface area contributed by atoms with Gasteiger partial charge in [0.15, 0.2) is 5.69 Å². The molecule has 3 aromatic rings. The van der Waals surface area contributed by atoms with Gasteiger partial charge in [-0.3, -0.25) is 4.68 Å². The topological polar surface area (TPSA) is 85.4 Å². The quantitative estimate of drug-likeness (QED) is 0.626. The van der Waals surface area contributed by atoms with Crippen LogP contribution in [0.1, 0.15) is 29.5 Å². The molecule has 0 radical (unpaired) electrons. The standard InChI is InChI=1S/C22H27N5O3/c1-4-29-12-11-27-19-9-10-26(22(28)24-18-8-6-5-7-15(18)2)14-17(19)20(25-27)21-23-13-16(3)30-21/h5-8,13H,4,9-12,14H2,1-3H3,(H,24,28). The number of nitrogens with zero attached hydrogens (tertiary/aromatic N) is 4. The van der Waals surface area contributed by atoms with Crippen LogP contribution < -0.4 is 5.32 Å². The molecule has 2 amide bonds. The second-order valence-electron chi connectivity index (χ2n) is 7.39. The highest BCUT2D eigenvalue weighted by molar-refractivity contribution is 5.90. The van der Waals surface area contributed by atoms with Gasteiger partial charge in [-0.05, 0) is 32.4 Å². The molecule has 8 heteroatoms. The number of oxazole rings is 1. The Morgan fingerprint density at radius 3 is 2.87 bits per heavy atom. The Labute approximate surface area is 175 Å². The van der Waals surface area contributed by atoms with Gasteiger partial charge in [0.1, 0.15) is 5.76 Å². The number of amides is 2. The van der Waals surface area contributed by atoms with Crippen LogP contribution in [-0.2, 0) is 24.2 Å². The van der Waals surface area contributed by atoms with Crippen LogP contribution in [-0.4, -0.2) is 45.5 Å². The van der Waals surface area contributed by atoms with Crippen LogP contribution in [0, 0.1) is 13.8 Å². The van der Waals surface area contributed by atoms with Gasteiger partial charge in [0, 0.05) is 36.5 Å². The van der Waals surface area contributed by atoms with Crippen LogP contribution in [0.5, 0.6) is 0 Å². The van der Waals surface area contributed by atoms with E-state index in [1.165, 1.54) is 0 Å². The second-order valence-corrected chi connectivity index (χ2v) is 7.39. The molecular weight excluding hydrogens is 382 g/mol. The minimum absolute atomic E-state index is 0.119. The Kier molecular flexibility index (Phi) is 5.85. The van der Waals surface area contributed by atoms with E-state index in [9.17, 15) is 4.79 Å². The van der Waals surface area contributed by atoms with Crippen LogP contribution in [0.25, 0.3) is 11.6 Å². The van der Waals surface area contributed by atoms with Crippen molar-refractivity contribution in [1.29, 1.82) is 0 Å². The second kappa shape index (κ2) is 8.71. The first-order chi connectivity index (χ1) is 14.6. The van der Waals surface area contributed by atoms with Crippen molar-refractivity contribution in [2.75, 3.05) is 25.1 Å². The fourth-order valence-corrected chi connectivity index (χ4v) is 3.69. The lowest BCUT2D eigenvalue weighted by atomic mass is 10.1. The van der Waals surface area contributed by atoms with Gasteiger partial charge >= 0.3 is 6.03 Å². The predicted octanol–water partition coefficient (Wildman–Crippen LogP) is 3.78. The number of carbonyl (C=O) groups is 1. The summed E-state index contributed by atoms with van der Waals surface area (Å²) in [5.41, 5.74) is 4.65. The Morgan fingerprint density at radius 2 is 2.13 bits per heavy atom. The zero-order valence-electron chi connectivity index (χ0n) is 17.6. The number of aryl methyl sites for hydroxylation is 2. The van der Waals surface area contributed by atoms with E-state index in [2.05, 4.69) is 10.3 Å². The molecule has 0 bridgehead atoms. The monoisotopic (exact) mass is 409 g/mol. The number of anilines is 1. The van der Waals surface area contributed by atoms with E-state index in [1.807, 2.05) is 54.6 Å². The summed E-state index contributed by atoms with van der Waals surface area (Å²) in [6.07, 6.45) is 2.40. The van der Waals surface area contributed by atoms with Crippen molar-refractivity contribution < 1.29 is 13.9 Å². The molecule has 1 aliphatic rings. The third-order valence-corrected chi connectivity index (χ3v) is 5.28. The normalized spacial score (nSPS) is 13.4. The minimum Gasteiger partial charge on any atom is -0.440 e. The number of fused-ring (bicyclic) bond motifs is 1. The zero-order valence-corrected chi connectivity index (χ0v) is 17.6. The lowest BCUT2D eigenvalue weighted by Gasteiger charge is -2.28. The van der Waals surface area contributed by atoms with E-state index in [0.29, 0.717) is 44.4 Å². The first kappa shape index (κ1) is 20.2. The SMILES string of the molecule is CCOCCn1nc(-c2ncc(C)o2)c2c1CCN(C(=O)Nc1ccccc1C)C2. The molecule has 0 fully saturated rings. The van der Waals surface area contributed by atoms with E-state index in [4.69, 9.17) is 14.3 Å². The summed E-state index contributed by atoms with van der Waals surface area (Å²) in [6, 6.07) is 7.65. The number of urea groups is 1. The molecule has 0 unspecified atom stereocenters. The molecular formula is C22H27N5O3. The van der Waals surface area contributed by atoms with Crippen molar-refractivity contribution in [2.45, 2.75) is 40.3 Å². The van der Waals surface area contributed by atoms with Gasteiger partial charge in [-0.2, -0.15) is 5.10 Å². The summed E-state index contributed by atoms with van der Waals surface area (Å²) < 4.78 is 13.2. The average molecular weight is 409 g/mol. The molecule has 8 nitrogen and oxygen atoms in total. The van der Waals surface area contributed by atoms with Crippen LogP contribution in [0.4, 0.5) is 10.5 Å². The summed E-state index contributed by atoms with van der Waals surface area (Å²) >= 11 is 0. The number of hydrogen-bond donors (Lipinski definition) is 1. The third-order valence-electron chi connectivity index (χ3n) is 5.28. The molecule has 158 valence electrons. The number of aromatic nitrogens is 3. The van der Waals surface area contributed by atoms with E-state index in [0.717, 1.165) is 34.7 Å². The first-order valence-electron chi connectivity index (χ1n) is 10.3. The van der Waals surface area contributed by atoms with Gasteiger partial charge in [0.05, 0.1) is 25.9 Å². The van der Waals surface area contributed by atoms with Crippen LogP contribution >= 0.6 is 0 Å². The van der Waals surface area contributed by atoms with Crippen molar-refractivity contribution in [1.82, 2.24) is 19.7 Å². The number of ether oxygens (including phenoxy) is 1. The molecule has 1 aliphatic heterocycles. The Morgan fingerprint density at radius 1 is 1.30 bits per heavy atom. The van der Waals surface area contributed by atoms with Gasteiger partial charge in [-0.1, -0.05) is 18.2 Å². The molecule has 4 rings (SSSR count). The summed E-state index contributed by atoms with van der Waals surface area (Å²) in [6.45, 7) is 8.81. The highest BCUT2D eigenvalue weighted by Gasteiger charge is 2.29. The zero-order chi connectivity index (χ0) is 21.1. The summed E-state index contributed by atoms with van der Waals surface area (Å²) in [4.78, 5) is 19.1. The maximum atomic E-state index is 12.9. The maximum Gasteiger partial charge on any atom is 0.322 e. The first-order valence-corrected chi connectivity index (χ1v) is 10.3. The van der Waals surface area contributed by atoms with Crippen LogP contribution in [0.3, 0.4) is 0 Å². The van der Waals surface area contributed by atoms with Gasteiger partial charge in [-0.15, -0.1) is 0 Å². The van der Waals surface area contributed by atoms with E-state index >= 15 is 0 Å². The predicted molar refractivity (Wildman–Crippen MR) is 113 cm³/mol. The number of rotatable bonds is 6. The van der Waals surface area contributed by atoms with Crippen molar-refractivity contribution >= 4 is 11.7 Å². The van der Waals surface area contributed by atoms with Crippen molar-refractivity contribution in [3.63, 3.8) is 0 Å². The molecule has 0 spiro atoms. The Balaban J connectivity index is 1.59. The van der Waals surface area contributed by atoms with Gasteiger partial charge < -0.3 is 19.4 Å². The highest BCUT2D eigenvalue weighted by atomic mass is 16.5. The van der Waals surface area contributed by atoms with Gasteiger partial charge in [0.25, 0.3) is 0 Å². The van der Waals surface area contributed by atoms with E-state index < -0.39 is 0 Å². The summed E-state index contributed by atoms with van der Waals surface area (Å²) in [5.74, 6) is 1.22. The Bertz CT molecular complexity index is 1040. The summed E-state index contributed by atoms with van der Waals surface area (Å²) in [5, 5.41) is 7.78. The van der Waals surface area contributed by atoms with Crippen LogP contribution in [0.15, 0.2) is 34.9 Å². The maximum absolute atomic E-state index is 12.9. The number of nitrogens with one attached hydrogen (secondary N) is 1. The molecule has 1 N–H and O–H groups in total. The molecule has 0 atom stereocenters. The van der Waals surface area contributed by atoms with Crippen LogP contribution in [0.2, 0.25) is 0 Å². The molecule has 0 saturated heterocycles. The van der Waals surface area contributed by atoms with Crippen molar-refractivity contribution in [3.05, 3.63) is 53.0 Å². The number of carbonyl (C=O) groups excluding carboxylic acids is 1. The fraction of sp³-hybridized carbons (Fsp3) is 0.409. The lowest BCUT2D eigenvalue weighted by Crippen LogP contribution is -2.39. The molecule has 0 saturated carbocycles. The van der Waals surface area contributed by atoms with Crippen molar-refractivity contribution in [3.8, 4) is 11.6 Å². The Hall–Kier alpha value is -3.13. The molecule has 2 aromatic heterocycles. The van der Waals surface area contributed by atoms with E-state index in [-0.39, 0.29) is 6.03 Å². The smallest absolute Gasteiger partial charge is 0.322 e. The largest absolute Gasteiger partial charge is 0.440 e. The minimum atomic E-state index is -0.119. The summed E-state index contributed by atoms with van der Waals surface area (Å²) in [7, 11) is 0. The highest BCUT2D eigenvalue weighted by Crippen LogP contribution is 2.30. The fourth-order valence-electron chi connectivity index (χ4n) is 3.69. The third kappa shape index (κ3) is 4.09.